The maximum Gasteiger partial charge on any atom is 0.251 e. The summed E-state index contributed by atoms with van der Waals surface area (Å²) in [7, 11) is 1.86. The Bertz CT molecular complexity index is 498. The number of rotatable bonds is 7. The van der Waals surface area contributed by atoms with E-state index in [0.29, 0.717) is 17.7 Å². The van der Waals surface area contributed by atoms with Gasteiger partial charge in [0.05, 0.1) is 0 Å². The average Bonchev–Trinajstić information content (AvgIpc) is 2.40. The highest BCUT2D eigenvalue weighted by molar-refractivity contribution is 5.98. The van der Waals surface area contributed by atoms with Crippen LogP contribution in [0.15, 0.2) is 18.2 Å². The van der Waals surface area contributed by atoms with Gasteiger partial charge in [0.25, 0.3) is 5.91 Å². The second kappa shape index (κ2) is 8.42. The minimum Gasteiger partial charge on any atom is -0.350 e. The third-order valence-corrected chi connectivity index (χ3v) is 3.02. The van der Waals surface area contributed by atoms with E-state index in [0.717, 1.165) is 18.5 Å². The van der Waals surface area contributed by atoms with Crippen molar-refractivity contribution in [2.24, 2.45) is 0 Å². The summed E-state index contributed by atoms with van der Waals surface area (Å²) < 4.78 is 0. The first-order valence-corrected chi connectivity index (χ1v) is 7.30. The molecule has 0 saturated heterocycles. The zero-order valence-electron chi connectivity index (χ0n) is 13.2. The van der Waals surface area contributed by atoms with Crippen LogP contribution in [0.4, 0.5) is 5.69 Å². The summed E-state index contributed by atoms with van der Waals surface area (Å²) in [4.78, 5) is 23.9. The number of amides is 2. The van der Waals surface area contributed by atoms with Crippen molar-refractivity contribution in [3.8, 4) is 0 Å². The molecule has 0 radical (unpaired) electrons. The molecule has 0 spiro atoms. The molecule has 2 amide bonds. The molecule has 5 nitrogen and oxygen atoms in total. The van der Waals surface area contributed by atoms with E-state index in [9.17, 15) is 9.59 Å². The molecule has 1 aromatic carbocycles. The average molecular weight is 291 g/mol. The van der Waals surface area contributed by atoms with Crippen LogP contribution in [0.1, 0.15) is 42.6 Å². The Morgan fingerprint density at radius 2 is 1.95 bits per heavy atom. The van der Waals surface area contributed by atoms with Gasteiger partial charge in [0, 0.05) is 23.7 Å². The van der Waals surface area contributed by atoms with Crippen molar-refractivity contribution in [3.63, 3.8) is 0 Å². The van der Waals surface area contributed by atoms with E-state index in [1.54, 1.807) is 6.07 Å². The molecule has 0 heterocycles. The Kier molecular flexibility index (Phi) is 6.88. The van der Waals surface area contributed by atoms with Crippen LogP contribution in [0.25, 0.3) is 0 Å². The normalized spacial score (nSPS) is 10.5. The van der Waals surface area contributed by atoms with Gasteiger partial charge in [0.2, 0.25) is 5.91 Å². The fourth-order valence-electron chi connectivity index (χ4n) is 1.93. The van der Waals surface area contributed by atoms with E-state index in [1.807, 2.05) is 40.0 Å². The summed E-state index contributed by atoms with van der Waals surface area (Å²) in [5, 5.41) is 8.70. The van der Waals surface area contributed by atoms with Gasteiger partial charge in [-0.1, -0.05) is 6.07 Å². The molecule has 5 heteroatoms. The number of hydrogen-bond donors (Lipinski definition) is 3. The third-order valence-electron chi connectivity index (χ3n) is 3.02. The van der Waals surface area contributed by atoms with Crippen LogP contribution in [0, 0.1) is 6.92 Å². The molecule has 0 bridgehead atoms. The lowest BCUT2D eigenvalue weighted by molar-refractivity contribution is -0.116. The molecular weight excluding hydrogens is 266 g/mol. The molecule has 3 N–H and O–H groups in total. The SMILES string of the molecule is CNCCCC(=O)Nc1ccc(C)c(C(=O)NC(C)C)c1. The molecule has 0 unspecified atom stereocenters. The number of aryl methyl sites for hydroxylation is 1. The number of hydrogen-bond acceptors (Lipinski definition) is 3. The zero-order chi connectivity index (χ0) is 15.8. The Balaban J connectivity index is 2.72. The molecule has 0 atom stereocenters. The van der Waals surface area contributed by atoms with Crippen LogP contribution >= 0.6 is 0 Å². The van der Waals surface area contributed by atoms with E-state index in [2.05, 4.69) is 16.0 Å². The number of carbonyl (C=O) groups is 2. The van der Waals surface area contributed by atoms with Gasteiger partial charge in [-0.25, -0.2) is 0 Å². The first-order chi connectivity index (χ1) is 9.93. The Hall–Kier alpha value is -1.88. The van der Waals surface area contributed by atoms with Crippen LogP contribution in [0.5, 0.6) is 0 Å². The molecule has 1 rings (SSSR count). The minimum atomic E-state index is -0.117. The fraction of sp³-hybridized carbons (Fsp3) is 0.500. The van der Waals surface area contributed by atoms with E-state index in [1.165, 1.54) is 0 Å². The van der Waals surface area contributed by atoms with Crippen molar-refractivity contribution < 1.29 is 9.59 Å². The van der Waals surface area contributed by atoms with Gasteiger partial charge >= 0.3 is 0 Å². The lowest BCUT2D eigenvalue weighted by Gasteiger charge is -2.12. The smallest absolute Gasteiger partial charge is 0.251 e. The lowest BCUT2D eigenvalue weighted by Crippen LogP contribution is -2.30. The summed E-state index contributed by atoms with van der Waals surface area (Å²) in [6.07, 6.45) is 1.25. The second-order valence-electron chi connectivity index (χ2n) is 5.41. The number of nitrogens with one attached hydrogen (secondary N) is 3. The van der Waals surface area contributed by atoms with Gasteiger partial charge < -0.3 is 16.0 Å². The number of benzene rings is 1. The third kappa shape index (κ3) is 5.95. The lowest BCUT2D eigenvalue weighted by atomic mass is 10.1. The maximum atomic E-state index is 12.1. The molecular formula is C16H25N3O2. The van der Waals surface area contributed by atoms with E-state index in [-0.39, 0.29) is 17.9 Å². The molecule has 116 valence electrons. The Labute approximate surface area is 126 Å². The largest absolute Gasteiger partial charge is 0.350 e. The highest BCUT2D eigenvalue weighted by Gasteiger charge is 2.11. The van der Waals surface area contributed by atoms with Gasteiger partial charge in [0.1, 0.15) is 0 Å². The van der Waals surface area contributed by atoms with E-state index >= 15 is 0 Å². The molecule has 0 aliphatic rings. The highest BCUT2D eigenvalue weighted by Crippen LogP contribution is 2.16. The van der Waals surface area contributed by atoms with Crippen LogP contribution in [0.3, 0.4) is 0 Å². The quantitative estimate of drug-likeness (QED) is 0.674. The molecule has 21 heavy (non-hydrogen) atoms. The van der Waals surface area contributed by atoms with Crippen molar-refractivity contribution >= 4 is 17.5 Å². The fourth-order valence-corrected chi connectivity index (χ4v) is 1.93. The molecule has 0 aromatic heterocycles. The van der Waals surface area contributed by atoms with Gasteiger partial charge in [0.15, 0.2) is 0 Å². The van der Waals surface area contributed by atoms with Crippen molar-refractivity contribution in [1.29, 1.82) is 0 Å². The first-order valence-electron chi connectivity index (χ1n) is 7.30. The van der Waals surface area contributed by atoms with Crippen LogP contribution in [0.2, 0.25) is 0 Å². The van der Waals surface area contributed by atoms with E-state index in [4.69, 9.17) is 0 Å². The summed E-state index contributed by atoms with van der Waals surface area (Å²) in [5.41, 5.74) is 2.14. The van der Waals surface area contributed by atoms with Crippen LogP contribution < -0.4 is 16.0 Å². The summed E-state index contributed by atoms with van der Waals surface area (Å²) in [5.74, 6) is -0.155. The number of anilines is 1. The number of carbonyl (C=O) groups excluding carboxylic acids is 2. The molecule has 0 fully saturated rings. The maximum absolute atomic E-state index is 12.1. The monoisotopic (exact) mass is 291 g/mol. The Morgan fingerprint density at radius 1 is 1.24 bits per heavy atom. The second-order valence-corrected chi connectivity index (χ2v) is 5.41. The van der Waals surface area contributed by atoms with Gasteiger partial charge in [-0.2, -0.15) is 0 Å². The topological polar surface area (TPSA) is 70.2 Å². The predicted octanol–water partition coefficient (Wildman–Crippen LogP) is 2.07. The summed E-state index contributed by atoms with van der Waals surface area (Å²) >= 11 is 0. The summed E-state index contributed by atoms with van der Waals surface area (Å²) in [6, 6.07) is 5.47. The Morgan fingerprint density at radius 3 is 2.57 bits per heavy atom. The molecule has 0 aliphatic heterocycles. The van der Waals surface area contributed by atoms with Gasteiger partial charge in [-0.3, -0.25) is 9.59 Å². The van der Waals surface area contributed by atoms with E-state index < -0.39 is 0 Å². The minimum absolute atomic E-state index is 0.0377. The van der Waals surface area contributed by atoms with Crippen molar-refractivity contribution in [1.82, 2.24) is 10.6 Å². The van der Waals surface area contributed by atoms with Crippen molar-refractivity contribution in [2.75, 3.05) is 18.9 Å². The molecule has 1 aromatic rings. The predicted molar refractivity (Wildman–Crippen MR) is 85.6 cm³/mol. The van der Waals surface area contributed by atoms with Crippen LogP contribution in [-0.2, 0) is 4.79 Å². The van der Waals surface area contributed by atoms with Crippen LogP contribution in [-0.4, -0.2) is 31.4 Å². The zero-order valence-corrected chi connectivity index (χ0v) is 13.2. The highest BCUT2D eigenvalue weighted by atomic mass is 16.2. The van der Waals surface area contributed by atoms with Gasteiger partial charge in [-0.15, -0.1) is 0 Å². The molecule has 0 aliphatic carbocycles. The van der Waals surface area contributed by atoms with Crippen molar-refractivity contribution in [2.45, 2.75) is 39.7 Å². The first kappa shape index (κ1) is 17.2. The van der Waals surface area contributed by atoms with Crippen molar-refractivity contribution in [3.05, 3.63) is 29.3 Å². The summed E-state index contributed by atoms with van der Waals surface area (Å²) in [6.45, 7) is 6.53. The standard InChI is InChI=1S/C16H25N3O2/c1-11(2)18-16(21)14-10-13(8-7-12(14)3)19-15(20)6-5-9-17-4/h7-8,10-11,17H,5-6,9H2,1-4H3,(H,18,21)(H,19,20). The molecule has 0 saturated carbocycles. The van der Waals surface area contributed by atoms with Gasteiger partial charge in [-0.05, 0) is 58.5 Å².